The van der Waals surface area contributed by atoms with Crippen LogP contribution in [-0.4, -0.2) is 50.4 Å². The van der Waals surface area contributed by atoms with Gasteiger partial charge in [0, 0.05) is 39.6 Å². The second-order valence-electron chi connectivity index (χ2n) is 6.60. The second kappa shape index (κ2) is 30.3. The molecular weight excluding hydrogens is 466 g/mol. The fraction of sp³-hybridized carbons (Fsp3) is 0.615. The van der Waals surface area contributed by atoms with Crippen molar-refractivity contribution in [1.29, 1.82) is 0 Å². The van der Waals surface area contributed by atoms with Crippen LogP contribution in [0.3, 0.4) is 0 Å². The molecule has 0 radical (unpaired) electrons. The van der Waals surface area contributed by atoms with Crippen molar-refractivity contribution < 1.29 is 19.0 Å². The van der Waals surface area contributed by atoms with Gasteiger partial charge in [-0.05, 0) is 18.1 Å². The number of amides is 2. The number of halogens is 2. The van der Waals surface area contributed by atoms with Gasteiger partial charge in [-0.3, -0.25) is 19.0 Å². The number of hydrogen-bond acceptors (Lipinski definition) is 6. The molecule has 1 rings (SSSR count). The van der Waals surface area contributed by atoms with Crippen molar-refractivity contribution in [3.8, 4) is 0 Å². The third kappa shape index (κ3) is 20.6. The van der Waals surface area contributed by atoms with E-state index in [9.17, 15) is 9.59 Å². The molecule has 6 N–H and O–H groups in total. The summed E-state index contributed by atoms with van der Waals surface area (Å²) in [5.41, 5.74) is 13.6. The maximum atomic E-state index is 12.0. The lowest BCUT2D eigenvalue weighted by Crippen LogP contribution is -2.42. The highest BCUT2D eigenvalue weighted by Crippen LogP contribution is 2.19. The Morgan fingerprint density at radius 1 is 1.00 bits per heavy atom. The van der Waals surface area contributed by atoms with Crippen LogP contribution in [-0.2, 0) is 16.1 Å². The highest BCUT2D eigenvalue weighted by molar-refractivity contribution is 5.83. The zero-order valence-electron chi connectivity index (χ0n) is 23.5. The van der Waals surface area contributed by atoms with Gasteiger partial charge in [0.15, 0.2) is 0 Å². The van der Waals surface area contributed by atoms with Crippen LogP contribution in [0.15, 0.2) is 36.3 Å². The summed E-state index contributed by atoms with van der Waals surface area (Å²) in [5.74, 6) is -0.0631. The van der Waals surface area contributed by atoms with Crippen LogP contribution < -0.4 is 27.0 Å². The lowest BCUT2D eigenvalue weighted by molar-refractivity contribution is -0.127. The molecule has 2 amide bonds. The van der Waals surface area contributed by atoms with E-state index >= 15 is 0 Å². The highest BCUT2D eigenvalue weighted by atomic mass is 19.0. The molecule has 1 atom stereocenters. The average Bonchev–Trinajstić information content (AvgIpc) is 2.83. The summed E-state index contributed by atoms with van der Waals surface area (Å²) in [6, 6.07) is 7.19. The molecule has 0 aliphatic heterocycles. The van der Waals surface area contributed by atoms with E-state index in [-0.39, 0.29) is 41.0 Å². The molecule has 0 bridgehead atoms. The fourth-order valence-corrected chi connectivity index (χ4v) is 2.45. The van der Waals surface area contributed by atoms with Gasteiger partial charge in [-0.25, -0.2) is 0 Å². The quantitative estimate of drug-likeness (QED) is 0.364. The standard InChI is InChI=1S/C19H32N6O2.3C2H6.CH4.2FH/c1-5-8-15(20)19(27)23-17(21)13-25(4)16-10-7-6-9-14(16)11-22-12-18(26)24(2)3;3*1-2;;;/h6-7,9-10,13,15,22H,5,8,11-12,20-21H2,1-4H3,(H,23,27);3*1-2H3;1H4;2*1H/b17-13+;;;;;;. The molecule has 0 aliphatic carbocycles. The van der Waals surface area contributed by atoms with Crippen LogP contribution in [0.5, 0.6) is 0 Å². The van der Waals surface area contributed by atoms with Crippen molar-refractivity contribution >= 4 is 17.5 Å². The largest absolute Gasteiger partial charge is 0.384 e. The molecule has 0 spiro atoms. The normalized spacial score (nSPS) is 9.81. The lowest BCUT2D eigenvalue weighted by atomic mass is 10.1. The van der Waals surface area contributed by atoms with Gasteiger partial charge >= 0.3 is 0 Å². The Hall–Kier alpha value is -2.72. The SMILES string of the molecule is C.CC.CC.CC.CCCC(N)C(=O)N/C(N)=C/N(C)c1ccccc1CNCC(=O)N(C)C.F.F. The summed E-state index contributed by atoms with van der Waals surface area (Å²) in [4.78, 5) is 27.0. The van der Waals surface area contributed by atoms with E-state index in [0.717, 1.165) is 17.7 Å². The van der Waals surface area contributed by atoms with Crippen LogP contribution in [0.25, 0.3) is 0 Å². The third-order valence-corrected chi connectivity index (χ3v) is 4.00. The van der Waals surface area contributed by atoms with Gasteiger partial charge in [0.25, 0.3) is 0 Å². The Kier molecular flexibility index (Phi) is 39.2. The van der Waals surface area contributed by atoms with Gasteiger partial charge in [0.05, 0.1) is 12.6 Å². The van der Waals surface area contributed by atoms with Crippen molar-refractivity contribution in [2.75, 3.05) is 32.6 Å². The summed E-state index contributed by atoms with van der Waals surface area (Å²) >= 11 is 0. The molecular formula is C26H56F2N6O2. The third-order valence-electron chi connectivity index (χ3n) is 4.00. The first-order chi connectivity index (χ1) is 15.8. The smallest absolute Gasteiger partial charge is 0.242 e. The minimum absolute atomic E-state index is 0. The Bertz CT molecular complexity index is 674. The number of hydrogen-bond donors (Lipinski definition) is 4. The summed E-state index contributed by atoms with van der Waals surface area (Å²) in [6.45, 7) is 14.8. The molecule has 0 fully saturated rings. The molecule has 8 nitrogen and oxygen atoms in total. The van der Waals surface area contributed by atoms with Crippen LogP contribution in [0.4, 0.5) is 15.1 Å². The average molecular weight is 523 g/mol. The maximum Gasteiger partial charge on any atom is 0.242 e. The number of anilines is 1. The number of benzene rings is 1. The van der Waals surface area contributed by atoms with Gasteiger partial charge in [0.1, 0.15) is 5.82 Å². The molecule has 36 heavy (non-hydrogen) atoms. The molecule has 0 saturated heterocycles. The minimum Gasteiger partial charge on any atom is -0.384 e. The Labute approximate surface area is 219 Å². The van der Waals surface area contributed by atoms with Gasteiger partial charge in [-0.2, -0.15) is 0 Å². The topological polar surface area (TPSA) is 117 Å². The first-order valence-electron chi connectivity index (χ1n) is 12.0. The number of likely N-dealkylation sites (N-methyl/N-ethyl adjacent to an activating group) is 1. The van der Waals surface area contributed by atoms with E-state index < -0.39 is 6.04 Å². The zero-order chi connectivity index (χ0) is 26.4. The number of rotatable bonds is 10. The first-order valence-corrected chi connectivity index (χ1v) is 12.0. The Morgan fingerprint density at radius 2 is 1.50 bits per heavy atom. The zero-order valence-corrected chi connectivity index (χ0v) is 23.5. The van der Waals surface area contributed by atoms with Crippen LogP contribution >= 0.6 is 0 Å². The molecule has 0 heterocycles. The number of nitrogens with one attached hydrogen (secondary N) is 2. The molecule has 0 aliphatic rings. The molecule has 216 valence electrons. The van der Waals surface area contributed by atoms with Crippen molar-refractivity contribution in [2.45, 2.75) is 81.3 Å². The van der Waals surface area contributed by atoms with E-state index in [0.29, 0.717) is 13.0 Å². The van der Waals surface area contributed by atoms with Gasteiger partial charge in [-0.15, -0.1) is 0 Å². The van der Waals surface area contributed by atoms with Gasteiger partial charge < -0.3 is 31.9 Å². The molecule has 0 aromatic heterocycles. The Balaban J connectivity index is -0.000000232. The number of nitrogens with two attached hydrogens (primary N) is 2. The Morgan fingerprint density at radius 3 is 1.97 bits per heavy atom. The van der Waals surface area contributed by atoms with Crippen LogP contribution in [0, 0.1) is 0 Å². The van der Waals surface area contributed by atoms with Crippen molar-refractivity contribution in [3.05, 3.63) is 41.8 Å². The second-order valence-corrected chi connectivity index (χ2v) is 6.60. The molecule has 1 unspecified atom stereocenters. The fourth-order valence-electron chi connectivity index (χ4n) is 2.45. The van der Waals surface area contributed by atoms with Gasteiger partial charge in [0.2, 0.25) is 11.8 Å². The number of carbonyl (C=O) groups is 2. The van der Waals surface area contributed by atoms with E-state index in [4.69, 9.17) is 11.5 Å². The molecule has 10 heteroatoms. The lowest BCUT2D eigenvalue weighted by Gasteiger charge is -2.20. The summed E-state index contributed by atoms with van der Waals surface area (Å²) in [7, 11) is 5.29. The predicted octanol–water partition coefficient (Wildman–Crippen LogP) is 4.32. The minimum atomic E-state index is -0.571. The van der Waals surface area contributed by atoms with Gasteiger partial charge in [-0.1, -0.05) is 80.5 Å². The first kappa shape index (κ1) is 46.6. The molecule has 0 saturated carbocycles. The monoisotopic (exact) mass is 522 g/mol. The highest BCUT2D eigenvalue weighted by Gasteiger charge is 2.13. The summed E-state index contributed by atoms with van der Waals surface area (Å²) in [6.07, 6.45) is 3.07. The van der Waals surface area contributed by atoms with Crippen molar-refractivity contribution in [1.82, 2.24) is 15.5 Å². The molecule has 1 aromatic rings. The number of carbonyl (C=O) groups excluding carboxylic acids is 2. The summed E-state index contributed by atoms with van der Waals surface area (Å²) in [5, 5.41) is 5.76. The van der Waals surface area contributed by atoms with E-state index in [2.05, 4.69) is 10.6 Å². The predicted molar refractivity (Wildman–Crippen MR) is 154 cm³/mol. The van der Waals surface area contributed by atoms with Crippen LogP contribution in [0.2, 0.25) is 0 Å². The number of nitrogens with zero attached hydrogens (tertiary/aromatic N) is 2. The van der Waals surface area contributed by atoms with Crippen LogP contribution in [0.1, 0.15) is 74.3 Å². The maximum absolute atomic E-state index is 12.0. The van der Waals surface area contributed by atoms with Crippen molar-refractivity contribution in [3.63, 3.8) is 0 Å². The van der Waals surface area contributed by atoms with E-state index in [1.54, 1.807) is 25.2 Å². The number of para-hydroxylation sites is 1. The molecule has 1 aromatic carbocycles. The van der Waals surface area contributed by atoms with Crippen molar-refractivity contribution in [2.24, 2.45) is 11.5 Å². The van der Waals surface area contributed by atoms with E-state index in [1.165, 1.54) is 0 Å². The van der Waals surface area contributed by atoms with E-state index in [1.807, 2.05) is 84.7 Å². The summed E-state index contributed by atoms with van der Waals surface area (Å²) < 4.78 is 0.